The van der Waals surface area contributed by atoms with Gasteiger partial charge in [-0.15, -0.1) is 0 Å². The van der Waals surface area contributed by atoms with E-state index in [0.29, 0.717) is 0 Å². The quantitative estimate of drug-likeness (QED) is 0.737. The van der Waals surface area contributed by atoms with Crippen molar-refractivity contribution in [3.63, 3.8) is 0 Å². The molecule has 0 spiro atoms. The van der Waals surface area contributed by atoms with Crippen molar-refractivity contribution in [2.24, 2.45) is 4.99 Å². The van der Waals surface area contributed by atoms with E-state index in [1.54, 1.807) is 6.20 Å². The van der Waals surface area contributed by atoms with E-state index in [1.807, 2.05) is 43.0 Å². The molecule has 0 unspecified atom stereocenters. The topological polar surface area (TPSA) is 86.8 Å². The van der Waals surface area contributed by atoms with E-state index >= 15 is 0 Å². The van der Waals surface area contributed by atoms with Gasteiger partial charge in [-0.05, 0) is 63.5 Å². The number of aromatic amines is 1. The van der Waals surface area contributed by atoms with Gasteiger partial charge < -0.3 is 15.0 Å². The highest BCUT2D eigenvalue weighted by molar-refractivity contribution is 5.99. The second kappa shape index (κ2) is 8.69. The number of carbonyl (C=O) groups is 1. The van der Waals surface area contributed by atoms with Crippen molar-refractivity contribution in [3.8, 4) is 0 Å². The number of H-pyrrole nitrogens is 1. The third-order valence-electron chi connectivity index (χ3n) is 7.25. The zero-order valence-corrected chi connectivity index (χ0v) is 19.3. The van der Waals surface area contributed by atoms with Crippen molar-refractivity contribution >= 4 is 11.9 Å². The maximum absolute atomic E-state index is 12.9. The third kappa shape index (κ3) is 4.16. The van der Waals surface area contributed by atoms with Gasteiger partial charge in [-0.3, -0.25) is 14.7 Å². The molecule has 1 aliphatic carbocycles. The first-order valence-electron chi connectivity index (χ1n) is 12.0. The lowest BCUT2D eigenvalue weighted by Gasteiger charge is -2.38. The Kier molecular flexibility index (Phi) is 5.72. The number of aliphatic imine (C=N–C) groups is 1. The number of nitrogens with zero attached hydrogens (tertiary/aromatic N) is 2. The number of cyclic esters (lactones) is 1. The van der Waals surface area contributed by atoms with Crippen molar-refractivity contribution in [1.29, 1.82) is 0 Å². The molecule has 0 bridgehead atoms. The number of hydrogen-bond donors (Lipinski definition) is 2. The van der Waals surface area contributed by atoms with E-state index in [4.69, 9.17) is 4.74 Å². The Balaban J connectivity index is 1.34. The molecule has 3 aliphatic rings. The number of amides is 1. The Morgan fingerprint density at radius 3 is 2.55 bits per heavy atom. The summed E-state index contributed by atoms with van der Waals surface area (Å²) in [4.78, 5) is 35.0. The number of carbonyl (C=O) groups excluding carboxylic acids is 1. The largest absolute Gasteiger partial charge is 0.441 e. The summed E-state index contributed by atoms with van der Waals surface area (Å²) in [5, 5.41) is 3.33. The third-order valence-corrected chi connectivity index (χ3v) is 7.25. The number of hydrogen-bond acceptors (Lipinski definition) is 5. The second-order valence-corrected chi connectivity index (χ2v) is 9.88. The summed E-state index contributed by atoms with van der Waals surface area (Å²) >= 11 is 0. The zero-order chi connectivity index (χ0) is 23.0. The smallest absolute Gasteiger partial charge is 0.411 e. The molecule has 1 aromatic carbocycles. The number of rotatable bonds is 4. The molecule has 3 heterocycles. The van der Waals surface area contributed by atoms with Gasteiger partial charge in [-0.2, -0.15) is 0 Å². The van der Waals surface area contributed by atoms with E-state index in [2.05, 4.69) is 27.4 Å². The maximum Gasteiger partial charge on any atom is 0.411 e. The van der Waals surface area contributed by atoms with Gasteiger partial charge in [0.05, 0.1) is 6.04 Å². The van der Waals surface area contributed by atoms with Crippen LogP contribution in [0.4, 0.5) is 4.79 Å². The van der Waals surface area contributed by atoms with Crippen LogP contribution in [0.2, 0.25) is 0 Å². The molecule has 7 nitrogen and oxygen atoms in total. The molecular formula is C26H32N4O3. The molecular weight excluding hydrogens is 416 g/mol. The predicted molar refractivity (Wildman–Crippen MR) is 128 cm³/mol. The Hall–Kier alpha value is -3.09. The summed E-state index contributed by atoms with van der Waals surface area (Å²) in [6.07, 6.45) is 5.97. The Morgan fingerprint density at radius 1 is 1.09 bits per heavy atom. The summed E-state index contributed by atoms with van der Waals surface area (Å²) in [6.45, 7) is 5.69. The van der Waals surface area contributed by atoms with Crippen LogP contribution in [-0.2, 0) is 4.74 Å². The first kappa shape index (κ1) is 21.7. The van der Waals surface area contributed by atoms with Crippen molar-refractivity contribution in [2.75, 3.05) is 13.1 Å². The van der Waals surface area contributed by atoms with Gasteiger partial charge in [0.25, 0.3) is 5.56 Å². The van der Waals surface area contributed by atoms with E-state index in [0.717, 1.165) is 67.7 Å². The number of aromatic nitrogens is 1. The van der Waals surface area contributed by atoms with E-state index in [1.165, 1.54) is 0 Å². The number of nitrogens with one attached hydrogen (secondary N) is 2. The number of ether oxygens (including phenoxy) is 1. The highest BCUT2D eigenvalue weighted by atomic mass is 16.6. The molecule has 2 fully saturated rings. The molecule has 1 atom stereocenters. The molecule has 1 amide bonds. The highest BCUT2D eigenvalue weighted by Gasteiger charge is 2.51. The van der Waals surface area contributed by atoms with Gasteiger partial charge in [0.2, 0.25) is 0 Å². The van der Waals surface area contributed by atoms with Crippen molar-refractivity contribution in [1.82, 2.24) is 15.2 Å². The van der Waals surface area contributed by atoms with Crippen LogP contribution in [0, 0.1) is 0 Å². The van der Waals surface area contributed by atoms with Crippen LogP contribution in [0.3, 0.4) is 0 Å². The van der Waals surface area contributed by atoms with Crippen LogP contribution in [0.25, 0.3) is 0 Å². The number of benzene rings is 1. The lowest BCUT2D eigenvalue weighted by atomic mass is 9.80. The Bertz CT molecular complexity index is 1100. The molecule has 33 heavy (non-hydrogen) atoms. The minimum Gasteiger partial charge on any atom is -0.441 e. The molecule has 2 aliphatic heterocycles. The first-order chi connectivity index (χ1) is 15.9. The summed E-state index contributed by atoms with van der Waals surface area (Å²) in [6, 6.07) is 12.1. The van der Waals surface area contributed by atoms with Gasteiger partial charge in [0.15, 0.2) is 0 Å². The summed E-state index contributed by atoms with van der Waals surface area (Å²) in [7, 11) is 0. The van der Waals surface area contributed by atoms with Crippen molar-refractivity contribution < 1.29 is 9.53 Å². The number of amidine groups is 1. The Morgan fingerprint density at radius 2 is 1.85 bits per heavy atom. The predicted octanol–water partition coefficient (Wildman–Crippen LogP) is 4.11. The van der Waals surface area contributed by atoms with Gasteiger partial charge in [0, 0.05) is 36.5 Å². The van der Waals surface area contributed by atoms with E-state index in [-0.39, 0.29) is 29.7 Å². The minimum atomic E-state index is -0.589. The van der Waals surface area contributed by atoms with Crippen LogP contribution < -0.4 is 10.9 Å². The second-order valence-electron chi connectivity index (χ2n) is 9.88. The van der Waals surface area contributed by atoms with Crippen LogP contribution in [0.15, 0.2) is 52.4 Å². The highest BCUT2D eigenvalue weighted by Crippen LogP contribution is 2.45. The molecule has 2 N–H and O–H groups in total. The lowest BCUT2D eigenvalue weighted by molar-refractivity contribution is 0.0664. The monoisotopic (exact) mass is 448 g/mol. The average Bonchev–Trinajstić information content (AvgIpc) is 3.08. The fraction of sp³-hybridized carbons (Fsp3) is 0.500. The van der Waals surface area contributed by atoms with E-state index < -0.39 is 5.60 Å². The Labute approximate surface area is 194 Å². The summed E-state index contributed by atoms with van der Waals surface area (Å²) in [5.74, 6) is 1.04. The molecule has 1 aromatic heterocycles. The van der Waals surface area contributed by atoms with Crippen LogP contribution in [0.1, 0.15) is 74.6 Å². The van der Waals surface area contributed by atoms with Crippen molar-refractivity contribution in [2.45, 2.75) is 69.6 Å². The van der Waals surface area contributed by atoms with Crippen LogP contribution in [0.5, 0.6) is 0 Å². The van der Waals surface area contributed by atoms with E-state index in [9.17, 15) is 9.59 Å². The maximum atomic E-state index is 12.9. The van der Waals surface area contributed by atoms with Gasteiger partial charge in [-0.1, -0.05) is 30.3 Å². The first-order valence-corrected chi connectivity index (χ1v) is 12.0. The molecule has 1 saturated heterocycles. The molecule has 7 heteroatoms. The zero-order valence-electron chi connectivity index (χ0n) is 19.3. The summed E-state index contributed by atoms with van der Waals surface area (Å²) in [5.41, 5.74) is 2.25. The van der Waals surface area contributed by atoms with Gasteiger partial charge in [-0.25, -0.2) is 4.79 Å². The van der Waals surface area contributed by atoms with Crippen LogP contribution >= 0.6 is 0 Å². The average molecular weight is 449 g/mol. The fourth-order valence-corrected chi connectivity index (χ4v) is 5.66. The molecule has 1 saturated carbocycles. The fourth-order valence-electron chi connectivity index (χ4n) is 5.66. The van der Waals surface area contributed by atoms with Gasteiger partial charge in [0.1, 0.15) is 11.4 Å². The van der Waals surface area contributed by atoms with Crippen molar-refractivity contribution in [3.05, 3.63) is 69.6 Å². The standard InChI is InChI=1S/C26H32N4O3/c1-26(2)22(18-7-4-3-5-8-18)30(25(32)33-26)20-11-9-17(10-12-20)21-15-19(16-29-24(21)31)23-27-13-6-14-28-23/h3-5,7-8,15-17,20,22H,6,9-14H2,1-2H3,(H,27,28)(H,29,31)/t17-,20-,22-/m0/s1. The number of pyridine rings is 1. The van der Waals surface area contributed by atoms with Gasteiger partial charge >= 0.3 is 6.09 Å². The molecule has 5 rings (SSSR count). The SMILES string of the molecule is CC1(C)OC(=O)N([C@H]2CC[C@H](c3cc(C4=NCCCN4)c[nH]c3=O)CC2)[C@H]1c1ccccc1. The summed E-state index contributed by atoms with van der Waals surface area (Å²) < 4.78 is 5.81. The molecule has 0 radical (unpaired) electrons. The lowest BCUT2D eigenvalue weighted by Crippen LogP contribution is -2.42. The normalized spacial score (nSPS) is 27.0. The van der Waals surface area contributed by atoms with Crippen LogP contribution in [-0.4, -0.2) is 46.5 Å². The minimum absolute atomic E-state index is 0.0255. The molecule has 174 valence electrons. The molecule has 2 aromatic rings.